The van der Waals surface area contributed by atoms with Crippen molar-refractivity contribution >= 4 is 0 Å². The fraction of sp³-hybridized carbons (Fsp3) is 0.222. The molecule has 0 spiro atoms. The lowest BCUT2D eigenvalue weighted by molar-refractivity contribution is 0.400. The summed E-state index contributed by atoms with van der Waals surface area (Å²) >= 11 is 0. The van der Waals surface area contributed by atoms with Crippen molar-refractivity contribution in [3.8, 4) is 17.6 Å². The largest absolute Gasteiger partial charge is 0.504 e. The molecule has 0 saturated carbocycles. The Morgan fingerprint density at radius 1 is 1.42 bits per heavy atom. The first-order chi connectivity index (χ1) is 5.65. The second-order valence-electron chi connectivity index (χ2n) is 2.62. The normalized spacial score (nSPS) is 9.33. The van der Waals surface area contributed by atoms with Gasteiger partial charge in [-0.05, 0) is 24.1 Å². The van der Waals surface area contributed by atoms with Crippen LogP contribution in [-0.4, -0.2) is 10.2 Å². The number of hydrogen-bond acceptors (Lipinski definition) is 3. The van der Waals surface area contributed by atoms with Crippen molar-refractivity contribution in [2.75, 3.05) is 0 Å². The molecule has 0 radical (unpaired) electrons. The van der Waals surface area contributed by atoms with Gasteiger partial charge in [-0.25, -0.2) is 0 Å². The number of phenols is 2. The van der Waals surface area contributed by atoms with Crippen molar-refractivity contribution in [1.29, 1.82) is 5.26 Å². The molecule has 0 amide bonds. The van der Waals surface area contributed by atoms with Crippen molar-refractivity contribution in [1.82, 2.24) is 0 Å². The fourth-order valence-corrected chi connectivity index (χ4v) is 1.03. The third-order valence-corrected chi connectivity index (χ3v) is 1.62. The van der Waals surface area contributed by atoms with Crippen molar-refractivity contribution in [3.63, 3.8) is 0 Å². The van der Waals surface area contributed by atoms with E-state index in [1.54, 1.807) is 13.0 Å². The molecule has 1 aromatic rings. The molecule has 0 bridgehead atoms. The third kappa shape index (κ3) is 1.48. The SMILES string of the molecule is Cc1cc(CC#N)cc(O)c1O. The topological polar surface area (TPSA) is 64.2 Å². The number of phenolic OH excluding ortho intramolecular Hbond substituents is 2. The van der Waals surface area contributed by atoms with Gasteiger partial charge in [0.05, 0.1) is 12.5 Å². The average Bonchev–Trinajstić information content (AvgIpc) is 2.01. The van der Waals surface area contributed by atoms with E-state index in [4.69, 9.17) is 15.5 Å². The molecule has 2 N–H and O–H groups in total. The van der Waals surface area contributed by atoms with Gasteiger partial charge < -0.3 is 10.2 Å². The Labute approximate surface area is 70.5 Å². The first-order valence-electron chi connectivity index (χ1n) is 3.53. The Bertz CT molecular complexity index is 316. The minimum atomic E-state index is -0.166. The van der Waals surface area contributed by atoms with Crippen LogP contribution >= 0.6 is 0 Å². The fourth-order valence-electron chi connectivity index (χ4n) is 1.03. The van der Waals surface area contributed by atoms with Gasteiger partial charge in [-0.2, -0.15) is 5.26 Å². The highest BCUT2D eigenvalue weighted by Crippen LogP contribution is 2.29. The molecule has 0 aliphatic carbocycles. The van der Waals surface area contributed by atoms with E-state index in [-0.39, 0.29) is 17.9 Å². The first kappa shape index (κ1) is 8.41. The van der Waals surface area contributed by atoms with E-state index in [0.717, 1.165) is 0 Å². The Hall–Kier alpha value is -1.69. The van der Waals surface area contributed by atoms with Crippen LogP contribution in [-0.2, 0) is 6.42 Å². The van der Waals surface area contributed by atoms with Gasteiger partial charge in [-0.1, -0.05) is 6.07 Å². The summed E-state index contributed by atoms with van der Waals surface area (Å²) in [7, 11) is 0. The van der Waals surface area contributed by atoms with Gasteiger partial charge in [0.15, 0.2) is 11.5 Å². The highest BCUT2D eigenvalue weighted by molar-refractivity contribution is 5.47. The summed E-state index contributed by atoms with van der Waals surface area (Å²) < 4.78 is 0. The van der Waals surface area contributed by atoms with Gasteiger partial charge in [0.25, 0.3) is 0 Å². The molecule has 0 fully saturated rings. The van der Waals surface area contributed by atoms with Crippen LogP contribution in [0.1, 0.15) is 11.1 Å². The Balaban J connectivity index is 3.14. The Morgan fingerprint density at radius 2 is 2.08 bits per heavy atom. The number of aromatic hydroxyl groups is 2. The number of aryl methyl sites for hydroxylation is 1. The second kappa shape index (κ2) is 3.14. The summed E-state index contributed by atoms with van der Waals surface area (Å²) in [6, 6.07) is 5.04. The summed E-state index contributed by atoms with van der Waals surface area (Å²) in [6.45, 7) is 1.68. The summed E-state index contributed by atoms with van der Waals surface area (Å²) in [4.78, 5) is 0. The van der Waals surface area contributed by atoms with Crippen molar-refractivity contribution in [2.24, 2.45) is 0 Å². The highest BCUT2D eigenvalue weighted by atomic mass is 16.3. The number of hydrogen-bond donors (Lipinski definition) is 2. The van der Waals surface area contributed by atoms with E-state index in [9.17, 15) is 0 Å². The maximum Gasteiger partial charge on any atom is 0.160 e. The van der Waals surface area contributed by atoms with Crippen LogP contribution in [0.4, 0.5) is 0 Å². The average molecular weight is 163 g/mol. The standard InChI is InChI=1S/C9H9NO2/c1-6-4-7(2-3-10)5-8(11)9(6)12/h4-5,11-12H,2H2,1H3. The lowest BCUT2D eigenvalue weighted by Crippen LogP contribution is -1.84. The Morgan fingerprint density at radius 3 is 2.58 bits per heavy atom. The number of nitrogens with zero attached hydrogens (tertiary/aromatic N) is 1. The van der Waals surface area contributed by atoms with E-state index in [1.807, 2.05) is 6.07 Å². The number of nitriles is 1. The summed E-state index contributed by atoms with van der Waals surface area (Å²) in [5.74, 6) is -0.281. The van der Waals surface area contributed by atoms with Crippen molar-refractivity contribution in [3.05, 3.63) is 23.3 Å². The predicted octanol–water partition coefficient (Wildman–Crippen LogP) is 1.47. The lowest BCUT2D eigenvalue weighted by atomic mass is 10.1. The van der Waals surface area contributed by atoms with Crippen LogP contribution in [0, 0.1) is 18.3 Å². The van der Waals surface area contributed by atoms with Crippen LogP contribution in [0.25, 0.3) is 0 Å². The zero-order valence-corrected chi connectivity index (χ0v) is 6.70. The first-order valence-corrected chi connectivity index (χ1v) is 3.53. The van der Waals surface area contributed by atoms with Crippen LogP contribution in [0.5, 0.6) is 11.5 Å². The minimum Gasteiger partial charge on any atom is -0.504 e. The molecular weight excluding hydrogens is 154 g/mol. The lowest BCUT2D eigenvalue weighted by Gasteiger charge is -2.03. The molecule has 0 aromatic heterocycles. The predicted molar refractivity (Wildman–Crippen MR) is 43.8 cm³/mol. The van der Waals surface area contributed by atoms with Gasteiger partial charge in [0, 0.05) is 0 Å². The van der Waals surface area contributed by atoms with Crippen LogP contribution in [0.15, 0.2) is 12.1 Å². The zero-order valence-electron chi connectivity index (χ0n) is 6.70. The van der Waals surface area contributed by atoms with E-state index in [2.05, 4.69) is 0 Å². The second-order valence-corrected chi connectivity index (χ2v) is 2.62. The van der Waals surface area contributed by atoms with Crippen LogP contribution in [0.2, 0.25) is 0 Å². The van der Waals surface area contributed by atoms with Gasteiger partial charge in [-0.15, -0.1) is 0 Å². The molecule has 3 nitrogen and oxygen atoms in total. The molecule has 1 aromatic carbocycles. The van der Waals surface area contributed by atoms with Crippen LogP contribution < -0.4 is 0 Å². The smallest absolute Gasteiger partial charge is 0.160 e. The number of rotatable bonds is 1. The maximum atomic E-state index is 9.17. The highest BCUT2D eigenvalue weighted by Gasteiger charge is 2.04. The Kier molecular flexibility index (Phi) is 2.20. The van der Waals surface area contributed by atoms with E-state index >= 15 is 0 Å². The molecule has 1 rings (SSSR count). The minimum absolute atomic E-state index is 0.114. The molecule has 0 aliphatic heterocycles. The quantitative estimate of drug-likeness (QED) is 0.616. The van der Waals surface area contributed by atoms with E-state index in [1.165, 1.54) is 6.07 Å². The van der Waals surface area contributed by atoms with Gasteiger partial charge >= 0.3 is 0 Å². The van der Waals surface area contributed by atoms with Crippen LogP contribution in [0.3, 0.4) is 0 Å². The molecular formula is C9H9NO2. The van der Waals surface area contributed by atoms with Gasteiger partial charge in [-0.3, -0.25) is 0 Å². The monoisotopic (exact) mass is 163 g/mol. The molecule has 3 heteroatoms. The van der Waals surface area contributed by atoms with Gasteiger partial charge in [0.2, 0.25) is 0 Å². The van der Waals surface area contributed by atoms with Crippen molar-refractivity contribution < 1.29 is 10.2 Å². The van der Waals surface area contributed by atoms with E-state index in [0.29, 0.717) is 11.1 Å². The molecule has 12 heavy (non-hydrogen) atoms. The number of benzene rings is 1. The maximum absolute atomic E-state index is 9.17. The molecule has 0 aliphatic rings. The van der Waals surface area contributed by atoms with Crippen molar-refractivity contribution in [2.45, 2.75) is 13.3 Å². The van der Waals surface area contributed by atoms with Gasteiger partial charge in [0.1, 0.15) is 0 Å². The summed E-state index contributed by atoms with van der Waals surface area (Å²) in [5, 5.41) is 26.7. The zero-order chi connectivity index (χ0) is 9.14. The molecule has 0 atom stereocenters. The molecule has 62 valence electrons. The molecule has 0 unspecified atom stereocenters. The summed E-state index contributed by atoms with van der Waals surface area (Å²) in [5.41, 5.74) is 1.30. The third-order valence-electron chi connectivity index (χ3n) is 1.62. The molecule has 0 saturated heterocycles. The molecule has 0 heterocycles. The summed E-state index contributed by atoms with van der Waals surface area (Å²) in [6.07, 6.45) is 0.245. The van der Waals surface area contributed by atoms with E-state index < -0.39 is 0 Å².